The summed E-state index contributed by atoms with van der Waals surface area (Å²) in [5.74, 6) is 0.581. The van der Waals surface area contributed by atoms with Crippen LogP contribution in [-0.4, -0.2) is 35.4 Å². The second-order valence-corrected chi connectivity index (χ2v) is 4.83. The van der Waals surface area contributed by atoms with Crippen molar-refractivity contribution in [1.29, 1.82) is 0 Å². The van der Waals surface area contributed by atoms with Gasteiger partial charge in [-0.05, 0) is 37.1 Å². The zero-order valence-corrected chi connectivity index (χ0v) is 12.8. The molecule has 0 spiro atoms. The average Bonchev–Trinajstić information content (AvgIpc) is 3.02. The Morgan fingerprint density at radius 2 is 2.09 bits per heavy atom. The average molecular weight is 303 g/mol. The lowest BCUT2D eigenvalue weighted by Gasteiger charge is -2.11. The van der Waals surface area contributed by atoms with Gasteiger partial charge in [-0.1, -0.05) is 12.1 Å². The second-order valence-electron chi connectivity index (χ2n) is 4.83. The first-order valence-electron chi connectivity index (χ1n) is 7.52. The van der Waals surface area contributed by atoms with Crippen molar-refractivity contribution in [2.24, 2.45) is 4.99 Å². The molecule has 2 rings (SSSR count). The number of hydrogen-bond acceptors (Lipinski definition) is 2. The van der Waals surface area contributed by atoms with Crippen LogP contribution in [0.15, 0.2) is 47.7 Å². The van der Waals surface area contributed by atoms with E-state index in [1.165, 1.54) is 12.1 Å². The minimum absolute atomic E-state index is 0.208. The van der Waals surface area contributed by atoms with E-state index in [9.17, 15) is 4.39 Å². The highest BCUT2D eigenvalue weighted by atomic mass is 19.1. The first kappa shape index (κ1) is 16.0. The number of guanidine groups is 1. The second kappa shape index (κ2) is 8.81. The monoisotopic (exact) mass is 303 g/mol. The zero-order valence-electron chi connectivity index (χ0n) is 12.8. The zero-order chi connectivity index (χ0) is 15.6. The summed E-state index contributed by atoms with van der Waals surface area (Å²) in [7, 11) is 0. The molecule has 1 heterocycles. The summed E-state index contributed by atoms with van der Waals surface area (Å²) in [4.78, 5) is 4.52. The first-order valence-corrected chi connectivity index (χ1v) is 7.52. The molecule has 0 aliphatic rings. The smallest absolute Gasteiger partial charge is 0.191 e. The summed E-state index contributed by atoms with van der Waals surface area (Å²) in [6.45, 7) is 5.04. The van der Waals surface area contributed by atoms with Gasteiger partial charge in [-0.25, -0.2) is 4.39 Å². The Morgan fingerprint density at radius 1 is 1.27 bits per heavy atom. The molecule has 0 saturated heterocycles. The Bertz CT molecular complexity index is 563. The molecule has 0 fully saturated rings. The maximum absolute atomic E-state index is 12.8. The maximum Gasteiger partial charge on any atom is 0.191 e. The highest BCUT2D eigenvalue weighted by molar-refractivity contribution is 5.79. The molecule has 2 N–H and O–H groups in total. The van der Waals surface area contributed by atoms with Gasteiger partial charge in [0.2, 0.25) is 0 Å². The first-order chi connectivity index (χ1) is 10.8. The number of benzene rings is 1. The predicted octanol–water partition coefficient (Wildman–Crippen LogP) is 1.82. The molecule has 0 amide bonds. The molecule has 2 aromatic rings. The lowest BCUT2D eigenvalue weighted by Crippen LogP contribution is -2.39. The van der Waals surface area contributed by atoms with Crippen LogP contribution in [0.25, 0.3) is 0 Å². The van der Waals surface area contributed by atoms with Crippen LogP contribution in [0.2, 0.25) is 0 Å². The quantitative estimate of drug-likeness (QED) is 0.606. The topological polar surface area (TPSA) is 54.2 Å². The van der Waals surface area contributed by atoms with Crippen LogP contribution in [0.4, 0.5) is 4.39 Å². The summed E-state index contributed by atoms with van der Waals surface area (Å²) in [6.07, 6.45) is 4.48. The van der Waals surface area contributed by atoms with Crippen LogP contribution in [0.1, 0.15) is 12.5 Å². The molecule has 0 aliphatic heterocycles. The molecule has 118 valence electrons. The van der Waals surface area contributed by atoms with Crippen molar-refractivity contribution >= 4 is 5.96 Å². The Morgan fingerprint density at radius 3 is 2.77 bits per heavy atom. The Labute approximate surface area is 130 Å². The third kappa shape index (κ3) is 5.55. The lowest BCUT2D eigenvalue weighted by molar-refractivity contribution is 0.598. The van der Waals surface area contributed by atoms with Crippen molar-refractivity contribution in [3.8, 4) is 0 Å². The van der Waals surface area contributed by atoms with E-state index in [-0.39, 0.29) is 5.82 Å². The summed E-state index contributed by atoms with van der Waals surface area (Å²) < 4.78 is 14.7. The fourth-order valence-corrected chi connectivity index (χ4v) is 2.01. The molecule has 0 atom stereocenters. The third-order valence-electron chi connectivity index (χ3n) is 3.12. The largest absolute Gasteiger partial charge is 0.357 e. The summed E-state index contributed by atoms with van der Waals surface area (Å²) in [5.41, 5.74) is 1.08. The molecule has 0 bridgehead atoms. The van der Waals surface area contributed by atoms with E-state index in [0.29, 0.717) is 6.54 Å². The number of halogens is 1. The van der Waals surface area contributed by atoms with Gasteiger partial charge in [0.25, 0.3) is 0 Å². The number of rotatable bonds is 7. The maximum atomic E-state index is 12.8. The van der Waals surface area contributed by atoms with Crippen molar-refractivity contribution in [2.45, 2.75) is 19.9 Å². The summed E-state index contributed by atoms with van der Waals surface area (Å²) in [6, 6.07) is 8.45. The van der Waals surface area contributed by atoms with Gasteiger partial charge in [-0.15, -0.1) is 0 Å². The minimum atomic E-state index is -0.208. The third-order valence-corrected chi connectivity index (χ3v) is 3.12. The van der Waals surface area contributed by atoms with E-state index < -0.39 is 0 Å². The highest BCUT2D eigenvalue weighted by Gasteiger charge is 1.98. The standard InChI is InChI=1S/C16H22FN5/c1-2-18-16(20-11-13-22-12-3-9-21-22)19-10-8-14-4-6-15(17)7-5-14/h3-7,9,12H,2,8,10-11,13H2,1H3,(H2,18,19,20). The van der Waals surface area contributed by atoms with Gasteiger partial charge in [0, 0.05) is 32.0 Å². The van der Waals surface area contributed by atoms with E-state index in [1.54, 1.807) is 18.3 Å². The van der Waals surface area contributed by atoms with E-state index in [4.69, 9.17) is 0 Å². The predicted molar refractivity (Wildman–Crippen MR) is 86.3 cm³/mol. The summed E-state index contributed by atoms with van der Waals surface area (Å²) >= 11 is 0. The molecule has 1 aromatic heterocycles. The lowest BCUT2D eigenvalue weighted by atomic mass is 10.1. The van der Waals surface area contributed by atoms with Gasteiger partial charge < -0.3 is 10.6 Å². The van der Waals surface area contributed by atoms with Gasteiger partial charge >= 0.3 is 0 Å². The minimum Gasteiger partial charge on any atom is -0.357 e. The molecular formula is C16H22FN5. The van der Waals surface area contributed by atoms with Crippen LogP contribution in [-0.2, 0) is 13.0 Å². The van der Waals surface area contributed by atoms with Gasteiger partial charge in [0.1, 0.15) is 5.82 Å². The number of aliphatic imine (C=N–C) groups is 1. The molecule has 0 aliphatic carbocycles. The van der Waals surface area contributed by atoms with Gasteiger partial charge in [-0.2, -0.15) is 5.10 Å². The summed E-state index contributed by atoms with van der Waals surface area (Å²) in [5, 5.41) is 10.6. The van der Waals surface area contributed by atoms with Gasteiger partial charge in [0.05, 0.1) is 6.54 Å². The van der Waals surface area contributed by atoms with E-state index in [1.807, 2.05) is 23.9 Å². The van der Waals surface area contributed by atoms with Crippen molar-refractivity contribution in [1.82, 2.24) is 20.4 Å². The molecule has 0 radical (unpaired) electrons. The Hall–Kier alpha value is -2.37. The van der Waals surface area contributed by atoms with E-state index in [2.05, 4.69) is 20.7 Å². The van der Waals surface area contributed by atoms with Gasteiger partial charge in [-0.3, -0.25) is 9.67 Å². The highest BCUT2D eigenvalue weighted by Crippen LogP contribution is 2.03. The normalized spacial score (nSPS) is 11.5. The molecule has 1 aromatic carbocycles. The van der Waals surface area contributed by atoms with Crippen LogP contribution < -0.4 is 10.6 Å². The van der Waals surface area contributed by atoms with Crippen LogP contribution >= 0.6 is 0 Å². The van der Waals surface area contributed by atoms with Crippen LogP contribution in [0, 0.1) is 5.82 Å². The molecule has 0 unspecified atom stereocenters. The number of aromatic nitrogens is 2. The van der Waals surface area contributed by atoms with E-state index >= 15 is 0 Å². The fraction of sp³-hybridized carbons (Fsp3) is 0.375. The van der Waals surface area contributed by atoms with Crippen molar-refractivity contribution in [2.75, 3.05) is 19.6 Å². The van der Waals surface area contributed by atoms with Crippen LogP contribution in [0.5, 0.6) is 0 Å². The number of nitrogens with zero attached hydrogens (tertiary/aromatic N) is 3. The number of hydrogen-bond donors (Lipinski definition) is 2. The van der Waals surface area contributed by atoms with Crippen molar-refractivity contribution in [3.05, 3.63) is 54.1 Å². The molecule has 6 heteroatoms. The number of nitrogens with one attached hydrogen (secondary N) is 2. The molecule has 0 saturated carbocycles. The Balaban J connectivity index is 1.77. The fourth-order valence-electron chi connectivity index (χ4n) is 2.01. The Kier molecular flexibility index (Phi) is 6.41. The van der Waals surface area contributed by atoms with Crippen LogP contribution in [0.3, 0.4) is 0 Å². The van der Waals surface area contributed by atoms with Crippen molar-refractivity contribution in [3.63, 3.8) is 0 Å². The molecule has 22 heavy (non-hydrogen) atoms. The SMILES string of the molecule is CCNC(=NCCc1ccc(F)cc1)NCCn1cccn1. The molecule has 5 nitrogen and oxygen atoms in total. The molecular weight excluding hydrogens is 281 g/mol. The van der Waals surface area contributed by atoms with Gasteiger partial charge in [0.15, 0.2) is 5.96 Å². The van der Waals surface area contributed by atoms with Crippen molar-refractivity contribution < 1.29 is 4.39 Å². The van der Waals surface area contributed by atoms with E-state index in [0.717, 1.165) is 37.6 Å².